The van der Waals surface area contributed by atoms with Gasteiger partial charge in [-0.25, -0.2) is 13.6 Å². The molecule has 6 N–H and O–H groups in total. The van der Waals surface area contributed by atoms with Crippen molar-refractivity contribution in [2.45, 2.75) is 11.8 Å². The van der Waals surface area contributed by atoms with Crippen molar-refractivity contribution in [2.24, 2.45) is 5.14 Å². The fourth-order valence-electron chi connectivity index (χ4n) is 1.36. The number of hydrogen-bond donors (Lipinski definition) is 4. The van der Waals surface area contributed by atoms with E-state index in [2.05, 4.69) is 10.6 Å². The van der Waals surface area contributed by atoms with Gasteiger partial charge in [0.25, 0.3) is 0 Å². The zero-order chi connectivity index (χ0) is 13.8. The maximum Gasteiger partial charge on any atom is 0.240 e. The minimum absolute atomic E-state index is 0.0414. The largest absolute Gasteiger partial charge is 0.399 e. The van der Waals surface area contributed by atoms with Crippen molar-refractivity contribution in [1.82, 2.24) is 5.32 Å². The number of nitrogen functional groups attached to an aromatic ring is 1. The lowest BCUT2D eigenvalue weighted by Gasteiger charge is -2.11. The van der Waals surface area contributed by atoms with E-state index in [1.807, 2.05) is 0 Å². The average molecular weight is 272 g/mol. The van der Waals surface area contributed by atoms with Crippen molar-refractivity contribution >= 4 is 27.3 Å². The molecular weight excluding hydrogens is 256 g/mol. The number of nitrogens with one attached hydrogen (secondary N) is 2. The zero-order valence-electron chi connectivity index (χ0n) is 9.93. The predicted molar refractivity (Wildman–Crippen MR) is 69.4 cm³/mol. The van der Waals surface area contributed by atoms with Gasteiger partial charge in [-0.1, -0.05) is 0 Å². The first-order chi connectivity index (χ1) is 8.34. The van der Waals surface area contributed by atoms with E-state index in [4.69, 9.17) is 10.9 Å². The second-order valence-electron chi connectivity index (χ2n) is 3.61. The number of hydrogen-bond acceptors (Lipinski definition) is 5. The summed E-state index contributed by atoms with van der Waals surface area (Å²) in [5, 5.41) is 10.4. The highest BCUT2D eigenvalue weighted by Gasteiger charge is 2.14. The molecule has 0 bridgehead atoms. The lowest BCUT2D eigenvalue weighted by molar-refractivity contribution is -0.119. The molecule has 0 saturated heterocycles. The lowest BCUT2D eigenvalue weighted by Crippen LogP contribution is -2.30. The van der Waals surface area contributed by atoms with E-state index in [1.165, 1.54) is 18.2 Å². The number of primary sulfonamides is 1. The van der Waals surface area contributed by atoms with E-state index < -0.39 is 10.0 Å². The zero-order valence-corrected chi connectivity index (χ0v) is 10.8. The monoisotopic (exact) mass is 272 g/mol. The van der Waals surface area contributed by atoms with Crippen LogP contribution in [0.4, 0.5) is 11.4 Å². The summed E-state index contributed by atoms with van der Waals surface area (Å²) in [6, 6.07) is 4.23. The molecule has 8 heteroatoms. The van der Waals surface area contributed by atoms with E-state index in [0.717, 1.165) is 0 Å². The molecule has 1 rings (SSSR count). The van der Waals surface area contributed by atoms with Gasteiger partial charge in [-0.2, -0.15) is 0 Å². The molecule has 0 spiro atoms. The Bertz CT molecular complexity index is 542. The van der Waals surface area contributed by atoms with Gasteiger partial charge in [0.05, 0.1) is 12.2 Å². The van der Waals surface area contributed by atoms with Crippen LogP contribution in [0.1, 0.15) is 6.92 Å². The van der Waals surface area contributed by atoms with Crippen LogP contribution in [0.15, 0.2) is 23.1 Å². The number of benzene rings is 1. The first-order valence-corrected chi connectivity index (χ1v) is 6.82. The van der Waals surface area contributed by atoms with Crippen molar-refractivity contribution in [3.63, 3.8) is 0 Å². The van der Waals surface area contributed by atoms with Gasteiger partial charge in [0.2, 0.25) is 15.9 Å². The first kappa shape index (κ1) is 14.3. The summed E-state index contributed by atoms with van der Waals surface area (Å²) in [5.74, 6) is -0.241. The molecule has 100 valence electrons. The standard InChI is InChI=1S/C10H16N4O3S/c1-2-13-10(15)6-14-8-4-3-7(11)5-9(8)18(12,16)17/h3-5,14H,2,6,11H2,1H3,(H,13,15)(H2,12,16,17). The van der Waals surface area contributed by atoms with Gasteiger partial charge < -0.3 is 16.4 Å². The van der Waals surface area contributed by atoms with Crippen LogP contribution >= 0.6 is 0 Å². The third kappa shape index (κ3) is 3.90. The molecule has 0 heterocycles. The second kappa shape index (κ2) is 5.69. The van der Waals surface area contributed by atoms with Crippen molar-refractivity contribution < 1.29 is 13.2 Å². The maximum absolute atomic E-state index is 11.4. The number of likely N-dealkylation sites (N-methyl/N-ethyl adjacent to an activating group) is 1. The molecular formula is C10H16N4O3S. The Hall–Kier alpha value is -1.80. The van der Waals surface area contributed by atoms with Crippen LogP contribution in [-0.2, 0) is 14.8 Å². The molecule has 0 aliphatic rings. The smallest absolute Gasteiger partial charge is 0.240 e. The highest BCUT2D eigenvalue weighted by molar-refractivity contribution is 7.89. The summed E-state index contributed by atoms with van der Waals surface area (Å²) in [5.41, 5.74) is 6.03. The summed E-state index contributed by atoms with van der Waals surface area (Å²) in [7, 11) is -3.89. The molecule has 1 aromatic carbocycles. The molecule has 1 amide bonds. The third-order valence-corrected chi connectivity index (χ3v) is 3.08. The highest BCUT2D eigenvalue weighted by atomic mass is 32.2. The van der Waals surface area contributed by atoms with Gasteiger partial charge in [-0.3, -0.25) is 4.79 Å². The van der Waals surface area contributed by atoms with Gasteiger partial charge >= 0.3 is 0 Å². The Labute approximate surface area is 106 Å². The summed E-state index contributed by atoms with van der Waals surface area (Å²) < 4.78 is 22.7. The van der Waals surface area contributed by atoms with E-state index in [0.29, 0.717) is 6.54 Å². The van der Waals surface area contributed by atoms with E-state index in [9.17, 15) is 13.2 Å². The summed E-state index contributed by atoms with van der Waals surface area (Å²) >= 11 is 0. The molecule has 0 unspecified atom stereocenters. The fourth-order valence-corrected chi connectivity index (χ4v) is 2.10. The minimum atomic E-state index is -3.89. The number of anilines is 2. The maximum atomic E-state index is 11.4. The molecule has 18 heavy (non-hydrogen) atoms. The minimum Gasteiger partial charge on any atom is -0.399 e. The van der Waals surface area contributed by atoms with E-state index in [-0.39, 0.29) is 28.7 Å². The summed E-state index contributed by atoms with van der Waals surface area (Å²) in [4.78, 5) is 11.1. The molecule has 1 aromatic rings. The van der Waals surface area contributed by atoms with E-state index in [1.54, 1.807) is 6.92 Å². The number of carbonyl (C=O) groups is 1. The van der Waals surface area contributed by atoms with Crippen LogP contribution in [0.5, 0.6) is 0 Å². The van der Waals surface area contributed by atoms with Gasteiger partial charge in [-0.05, 0) is 25.1 Å². The van der Waals surface area contributed by atoms with Crippen molar-refractivity contribution in [1.29, 1.82) is 0 Å². The fraction of sp³-hybridized carbons (Fsp3) is 0.300. The highest BCUT2D eigenvalue weighted by Crippen LogP contribution is 2.22. The quantitative estimate of drug-likeness (QED) is 0.535. The van der Waals surface area contributed by atoms with Crippen LogP contribution in [0, 0.1) is 0 Å². The normalized spacial score (nSPS) is 11.0. The van der Waals surface area contributed by atoms with Gasteiger partial charge in [0.15, 0.2) is 0 Å². The molecule has 0 aliphatic carbocycles. The van der Waals surface area contributed by atoms with Gasteiger partial charge in [-0.15, -0.1) is 0 Å². The van der Waals surface area contributed by atoms with Gasteiger partial charge in [0, 0.05) is 12.2 Å². The number of carbonyl (C=O) groups excluding carboxylic acids is 1. The number of sulfonamides is 1. The molecule has 0 atom stereocenters. The Balaban J connectivity index is 2.93. The van der Waals surface area contributed by atoms with Crippen LogP contribution in [0.25, 0.3) is 0 Å². The molecule has 0 aliphatic heterocycles. The average Bonchev–Trinajstić information content (AvgIpc) is 2.26. The Morgan fingerprint density at radius 3 is 2.61 bits per heavy atom. The summed E-state index contributed by atoms with van der Waals surface area (Å²) in [6.45, 7) is 2.25. The SMILES string of the molecule is CCNC(=O)CNc1ccc(N)cc1S(N)(=O)=O. The third-order valence-electron chi connectivity index (χ3n) is 2.13. The van der Waals surface area contributed by atoms with Gasteiger partial charge in [0.1, 0.15) is 4.90 Å². The molecule has 0 saturated carbocycles. The number of amides is 1. The lowest BCUT2D eigenvalue weighted by atomic mass is 10.3. The summed E-state index contributed by atoms with van der Waals surface area (Å²) in [6.07, 6.45) is 0. The predicted octanol–water partition coefficient (Wildman–Crippen LogP) is -0.536. The number of nitrogens with two attached hydrogens (primary N) is 2. The molecule has 0 fully saturated rings. The Kier molecular flexibility index (Phi) is 4.51. The first-order valence-electron chi connectivity index (χ1n) is 5.27. The Morgan fingerprint density at radius 2 is 2.06 bits per heavy atom. The van der Waals surface area contributed by atoms with Crippen LogP contribution in [-0.4, -0.2) is 27.4 Å². The van der Waals surface area contributed by atoms with Crippen LogP contribution < -0.4 is 21.5 Å². The van der Waals surface area contributed by atoms with Crippen LogP contribution in [0.2, 0.25) is 0 Å². The van der Waals surface area contributed by atoms with Crippen molar-refractivity contribution in [2.75, 3.05) is 24.1 Å². The Morgan fingerprint density at radius 1 is 1.39 bits per heavy atom. The number of rotatable bonds is 5. The molecule has 0 aromatic heterocycles. The van der Waals surface area contributed by atoms with E-state index >= 15 is 0 Å². The molecule has 7 nitrogen and oxygen atoms in total. The van der Waals surface area contributed by atoms with Crippen molar-refractivity contribution in [3.8, 4) is 0 Å². The second-order valence-corrected chi connectivity index (χ2v) is 5.14. The molecule has 0 radical (unpaired) electrons. The van der Waals surface area contributed by atoms with Crippen LogP contribution in [0.3, 0.4) is 0 Å². The topological polar surface area (TPSA) is 127 Å². The van der Waals surface area contributed by atoms with Crippen molar-refractivity contribution in [3.05, 3.63) is 18.2 Å².